The van der Waals surface area contributed by atoms with E-state index in [1.54, 1.807) is 17.6 Å². The molecule has 1 amide bonds. The van der Waals surface area contributed by atoms with Gasteiger partial charge in [0.15, 0.2) is 6.29 Å². The number of hydroxylamine groups is 1. The van der Waals surface area contributed by atoms with E-state index in [-0.39, 0.29) is 6.29 Å². The van der Waals surface area contributed by atoms with Gasteiger partial charge >= 0.3 is 0 Å². The number of carbonyl (C=O) groups excluding carboxylic acids is 1. The fraction of sp³-hybridized carbons (Fsp3) is 0.333. The number of nitrogens with one attached hydrogen (secondary N) is 3. The number of nitrogens with zero attached hydrogens (tertiary/aromatic N) is 2. The van der Waals surface area contributed by atoms with Crippen LogP contribution in [-0.2, 0) is 0 Å². The first-order valence-electron chi connectivity index (χ1n) is 7.26. The molecule has 1 saturated heterocycles. The third-order valence-electron chi connectivity index (χ3n) is 3.84. The van der Waals surface area contributed by atoms with Crippen LogP contribution in [0.5, 0.6) is 0 Å². The maximum Gasteiger partial charge on any atom is 0.274 e. The molecule has 2 aliphatic heterocycles. The molecule has 2 heterocycles. The van der Waals surface area contributed by atoms with Gasteiger partial charge in [-0.25, -0.2) is 5.48 Å². The summed E-state index contributed by atoms with van der Waals surface area (Å²) in [5, 5.41) is 15.3. The second-order valence-electron chi connectivity index (χ2n) is 5.34. The summed E-state index contributed by atoms with van der Waals surface area (Å²) in [7, 11) is 0. The van der Waals surface area contributed by atoms with Crippen molar-refractivity contribution in [3.63, 3.8) is 0 Å². The average Bonchev–Trinajstić information content (AvgIpc) is 3.04. The van der Waals surface area contributed by atoms with Crippen molar-refractivity contribution in [1.29, 1.82) is 0 Å². The summed E-state index contributed by atoms with van der Waals surface area (Å²) in [6, 6.07) is 7.39. The number of carbonyl (C=O) groups is 1. The summed E-state index contributed by atoms with van der Waals surface area (Å²) in [5.41, 5.74) is 3.01. The Bertz CT molecular complexity index is 584. The Labute approximate surface area is 128 Å². The summed E-state index contributed by atoms with van der Waals surface area (Å²) in [4.78, 5) is 18.0. The fourth-order valence-corrected chi connectivity index (χ4v) is 2.70. The monoisotopic (exact) mass is 301 g/mol. The van der Waals surface area contributed by atoms with E-state index < -0.39 is 5.91 Å². The van der Waals surface area contributed by atoms with Crippen LogP contribution in [0.3, 0.4) is 0 Å². The van der Waals surface area contributed by atoms with Gasteiger partial charge in [0, 0.05) is 42.8 Å². The number of amides is 1. The molecule has 7 heteroatoms. The zero-order valence-electron chi connectivity index (χ0n) is 12.1. The maximum atomic E-state index is 11.3. The molecule has 116 valence electrons. The normalized spacial score (nSPS) is 24.0. The number of hydrogen-bond acceptors (Lipinski definition) is 6. The highest BCUT2D eigenvalue weighted by atomic mass is 16.5. The van der Waals surface area contributed by atoms with E-state index >= 15 is 0 Å². The molecule has 3 rings (SSSR count). The Morgan fingerprint density at radius 2 is 2.18 bits per heavy atom. The predicted molar refractivity (Wildman–Crippen MR) is 83.9 cm³/mol. The number of aliphatic imine (C=N–C) groups is 1. The summed E-state index contributed by atoms with van der Waals surface area (Å²) < 4.78 is 0. The first kappa shape index (κ1) is 14.6. The van der Waals surface area contributed by atoms with Crippen LogP contribution in [0, 0.1) is 0 Å². The first-order chi connectivity index (χ1) is 10.8. The van der Waals surface area contributed by atoms with E-state index in [9.17, 15) is 4.79 Å². The van der Waals surface area contributed by atoms with E-state index in [2.05, 4.69) is 20.5 Å². The number of hydrogen-bond donors (Lipinski definition) is 4. The molecular weight excluding hydrogens is 282 g/mol. The van der Waals surface area contributed by atoms with Gasteiger partial charge in [0.2, 0.25) is 0 Å². The van der Waals surface area contributed by atoms with E-state index in [4.69, 9.17) is 5.21 Å². The number of likely N-dealkylation sites (tertiary alicyclic amines) is 1. The van der Waals surface area contributed by atoms with Crippen molar-refractivity contribution in [2.45, 2.75) is 18.8 Å². The van der Waals surface area contributed by atoms with Crippen molar-refractivity contribution in [3.8, 4) is 0 Å². The van der Waals surface area contributed by atoms with Crippen molar-refractivity contribution in [1.82, 2.24) is 15.7 Å². The zero-order chi connectivity index (χ0) is 15.4. The van der Waals surface area contributed by atoms with Gasteiger partial charge in [0.25, 0.3) is 5.91 Å². The van der Waals surface area contributed by atoms with Crippen molar-refractivity contribution < 1.29 is 10.0 Å². The third-order valence-corrected chi connectivity index (χ3v) is 3.84. The van der Waals surface area contributed by atoms with E-state index in [1.807, 2.05) is 30.6 Å². The Balaban J connectivity index is 1.54. The maximum absolute atomic E-state index is 11.3. The van der Waals surface area contributed by atoms with Crippen LogP contribution in [0.4, 0.5) is 5.69 Å². The highest BCUT2D eigenvalue weighted by molar-refractivity contribution is 5.93. The Morgan fingerprint density at radius 3 is 2.86 bits per heavy atom. The average molecular weight is 301 g/mol. The molecule has 1 fully saturated rings. The topological polar surface area (TPSA) is 89.0 Å². The molecule has 2 unspecified atom stereocenters. The molecule has 22 heavy (non-hydrogen) atoms. The minimum Gasteiger partial charge on any atom is -0.381 e. The number of rotatable bonds is 4. The van der Waals surface area contributed by atoms with E-state index in [0.29, 0.717) is 11.6 Å². The molecule has 1 aromatic carbocycles. The predicted octanol–water partition coefficient (Wildman–Crippen LogP) is 0.763. The molecule has 0 aliphatic carbocycles. The molecular formula is C15H19N5O2. The smallest absolute Gasteiger partial charge is 0.274 e. The SMILES string of the molecule is O=C(NO)c1ccc(NC2CCN(C3N=CC=CN3)C2)cc1. The summed E-state index contributed by atoms with van der Waals surface area (Å²) in [5.74, 6) is -0.507. The lowest BCUT2D eigenvalue weighted by Gasteiger charge is -2.26. The molecule has 2 aliphatic rings. The summed E-state index contributed by atoms with van der Waals surface area (Å²) >= 11 is 0. The van der Waals surface area contributed by atoms with E-state index in [0.717, 1.165) is 25.2 Å². The summed E-state index contributed by atoms with van der Waals surface area (Å²) in [6.07, 6.45) is 6.66. The van der Waals surface area contributed by atoms with Gasteiger partial charge < -0.3 is 10.6 Å². The second kappa shape index (κ2) is 6.59. The van der Waals surface area contributed by atoms with E-state index in [1.165, 1.54) is 0 Å². The molecule has 7 nitrogen and oxygen atoms in total. The molecule has 2 atom stereocenters. The quantitative estimate of drug-likeness (QED) is 0.487. The van der Waals surface area contributed by atoms with Crippen LogP contribution in [0.1, 0.15) is 16.8 Å². The Hall–Kier alpha value is -2.38. The number of benzene rings is 1. The largest absolute Gasteiger partial charge is 0.381 e. The van der Waals surface area contributed by atoms with Crippen molar-refractivity contribution >= 4 is 17.8 Å². The minimum absolute atomic E-state index is 0.0208. The number of allylic oxidation sites excluding steroid dienone is 1. The van der Waals surface area contributed by atoms with Crippen LogP contribution >= 0.6 is 0 Å². The van der Waals surface area contributed by atoms with Crippen LogP contribution in [-0.4, -0.2) is 47.7 Å². The first-order valence-corrected chi connectivity index (χ1v) is 7.26. The van der Waals surface area contributed by atoms with Gasteiger partial charge in [-0.1, -0.05) is 0 Å². The van der Waals surface area contributed by atoms with Gasteiger partial charge in [-0.15, -0.1) is 0 Å². The molecule has 0 bridgehead atoms. The Kier molecular flexibility index (Phi) is 4.36. The molecule has 1 aromatic rings. The van der Waals surface area contributed by atoms with Gasteiger partial charge in [-0.05, 0) is 36.8 Å². The molecule has 0 saturated carbocycles. The highest BCUT2D eigenvalue weighted by Gasteiger charge is 2.27. The second-order valence-corrected chi connectivity index (χ2v) is 5.34. The van der Waals surface area contributed by atoms with Gasteiger partial charge in [-0.2, -0.15) is 0 Å². The third kappa shape index (κ3) is 3.26. The highest BCUT2D eigenvalue weighted by Crippen LogP contribution is 2.18. The van der Waals surface area contributed by atoms with Crippen LogP contribution in [0.2, 0.25) is 0 Å². The lowest BCUT2D eigenvalue weighted by Crippen LogP contribution is -2.42. The van der Waals surface area contributed by atoms with Crippen LogP contribution in [0.15, 0.2) is 41.5 Å². The lowest BCUT2D eigenvalue weighted by atomic mass is 10.2. The lowest BCUT2D eigenvalue weighted by molar-refractivity contribution is 0.0706. The Morgan fingerprint density at radius 1 is 1.36 bits per heavy atom. The van der Waals surface area contributed by atoms with Gasteiger partial charge in [-0.3, -0.25) is 19.9 Å². The summed E-state index contributed by atoms with van der Waals surface area (Å²) in [6.45, 7) is 1.88. The molecule has 0 aromatic heterocycles. The number of anilines is 1. The van der Waals surface area contributed by atoms with Crippen molar-refractivity contribution in [3.05, 3.63) is 42.1 Å². The van der Waals surface area contributed by atoms with Gasteiger partial charge in [0.05, 0.1) is 0 Å². The van der Waals surface area contributed by atoms with Gasteiger partial charge in [0.1, 0.15) is 0 Å². The van der Waals surface area contributed by atoms with Crippen LogP contribution < -0.4 is 16.1 Å². The molecule has 0 spiro atoms. The zero-order valence-corrected chi connectivity index (χ0v) is 12.1. The van der Waals surface area contributed by atoms with Crippen molar-refractivity contribution in [2.24, 2.45) is 4.99 Å². The molecule has 4 N–H and O–H groups in total. The molecule has 0 radical (unpaired) electrons. The van der Waals surface area contributed by atoms with Crippen LogP contribution in [0.25, 0.3) is 0 Å². The fourth-order valence-electron chi connectivity index (χ4n) is 2.70. The van der Waals surface area contributed by atoms with Crippen molar-refractivity contribution in [2.75, 3.05) is 18.4 Å². The minimum atomic E-state index is -0.507. The standard InChI is InChI=1S/C15H19N5O2/c21-14(19-22)11-2-4-12(5-3-11)18-13-6-9-20(10-13)15-16-7-1-8-17-15/h1-5,7-8,13,15-16,18,22H,6,9-10H2,(H,19,21).